The zero-order valence-corrected chi connectivity index (χ0v) is 39.2. The molecule has 0 aliphatic carbocycles. The second-order valence-corrected chi connectivity index (χ2v) is 15.5. The Kier molecular flexibility index (Phi) is 18.1. The maximum absolute atomic E-state index is 13.4. The molecule has 0 bridgehead atoms. The lowest BCUT2D eigenvalue weighted by Gasteiger charge is -2.15. The average Bonchev–Trinajstić information content (AvgIpc) is 3.30. The standard InChI is InChI=1S/C45H39Cl5N8O8/c1-23(59)40(57-55-36-9-5-7-31(38(36)49)42(61)52-34-15-12-29(65-3)18-26(34)21-47)44(63)51-28-11-14-33(25(17-28)20-46)54-45(64)41(24(2)60)58-56-37-10-6-8-32(39(37)50)43(62)53-35-16-13-30(66-4)19-27(35)22-48/h5-19,40-41H,20-22H2,1-4H3,(H,51,63)(H,52,61)(H,53,62)(H,54,64). The SMILES string of the molecule is COc1ccc(NC(=O)c2cccc(N=NC(C(C)=O)C(=O)Nc3ccc(NC(=O)C(N=Nc4cccc(C(=O)Nc5ccc(OC)cc5CCl)c4Cl)C(C)=O)c(CCl)c3)c2Cl)c(CCl)c1. The quantitative estimate of drug-likeness (QED) is 0.0353. The van der Waals surface area contributed by atoms with Crippen molar-refractivity contribution in [1.29, 1.82) is 0 Å². The number of hydrogen-bond acceptors (Lipinski definition) is 12. The van der Waals surface area contributed by atoms with E-state index in [0.717, 1.165) is 13.8 Å². The number of anilines is 4. The zero-order chi connectivity index (χ0) is 48.1. The molecule has 0 fully saturated rings. The molecule has 0 saturated heterocycles. The predicted octanol–water partition coefficient (Wildman–Crippen LogP) is 11.1. The van der Waals surface area contributed by atoms with Crippen LogP contribution in [0, 0.1) is 0 Å². The van der Waals surface area contributed by atoms with Gasteiger partial charge in [0, 0.05) is 40.4 Å². The van der Waals surface area contributed by atoms with Gasteiger partial charge in [-0.25, -0.2) is 0 Å². The van der Waals surface area contributed by atoms with Crippen LogP contribution >= 0.6 is 58.0 Å². The number of halogens is 5. The van der Waals surface area contributed by atoms with Gasteiger partial charge >= 0.3 is 0 Å². The number of carbonyl (C=O) groups is 6. The van der Waals surface area contributed by atoms with Crippen LogP contribution in [-0.4, -0.2) is 61.5 Å². The number of Topliss-reactive ketones (excluding diaryl/α,β-unsaturated/α-hetero) is 2. The van der Waals surface area contributed by atoms with Crippen molar-refractivity contribution < 1.29 is 38.2 Å². The summed E-state index contributed by atoms with van der Waals surface area (Å²) in [7, 11) is 3.01. The van der Waals surface area contributed by atoms with Gasteiger partial charge in [0.05, 0.1) is 35.4 Å². The number of ether oxygens (including phenoxy) is 2. The van der Waals surface area contributed by atoms with Crippen molar-refractivity contribution in [1.82, 2.24) is 0 Å². The summed E-state index contributed by atoms with van der Waals surface area (Å²) in [4.78, 5) is 78.5. The largest absolute Gasteiger partial charge is 0.497 e. The number of methoxy groups -OCH3 is 2. The van der Waals surface area contributed by atoms with Crippen LogP contribution in [0.1, 0.15) is 51.3 Å². The van der Waals surface area contributed by atoms with Gasteiger partial charge in [-0.2, -0.15) is 20.5 Å². The number of carbonyl (C=O) groups excluding carboxylic acids is 6. The fraction of sp³-hybridized carbons (Fsp3) is 0.200. The predicted molar refractivity (Wildman–Crippen MR) is 255 cm³/mol. The molecule has 342 valence electrons. The van der Waals surface area contributed by atoms with Crippen molar-refractivity contribution >= 4 is 127 Å². The highest BCUT2D eigenvalue weighted by Gasteiger charge is 2.27. The number of nitrogens with one attached hydrogen (secondary N) is 4. The van der Waals surface area contributed by atoms with Gasteiger partial charge in [0.15, 0.2) is 11.6 Å². The van der Waals surface area contributed by atoms with E-state index in [9.17, 15) is 28.8 Å². The van der Waals surface area contributed by atoms with Crippen molar-refractivity contribution in [3.8, 4) is 11.5 Å². The fourth-order valence-electron chi connectivity index (χ4n) is 5.98. The third-order valence-electron chi connectivity index (χ3n) is 9.46. The van der Waals surface area contributed by atoms with E-state index in [1.54, 1.807) is 36.4 Å². The lowest BCUT2D eigenvalue weighted by molar-refractivity contribution is -0.127. The van der Waals surface area contributed by atoms with Gasteiger partial charge in [0.2, 0.25) is 12.1 Å². The van der Waals surface area contributed by atoms with Crippen LogP contribution in [0.4, 0.5) is 34.1 Å². The summed E-state index contributed by atoms with van der Waals surface area (Å²) in [6, 6.07) is 19.8. The normalized spacial score (nSPS) is 12.0. The second-order valence-electron chi connectivity index (χ2n) is 13.9. The average molecular weight is 997 g/mol. The molecule has 0 spiro atoms. The van der Waals surface area contributed by atoms with Crippen LogP contribution in [0.3, 0.4) is 0 Å². The van der Waals surface area contributed by atoms with Crippen LogP contribution < -0.4 is 30.7 Å². The molecular weight excluding hydrogens is 958 g/mol. The molecule has 2 unspecified atom stereocenters. The van der Waals surface area contributed by atoms with E-state index in [-0.39, 0.29) is 61.6 Å². The van der Waals surface area contributed by atoms with Gasteiger partial charge in [-0.05, 0) is 109 Å². The van der Waals surface area contributed by atoms with E-state index < -0.39 is 47.3 Å². The van der Waals surface area contributed by atoms with Gasteiger partial charge in [-0.1, -0.05) is 35.3 Å². The van der Waals surface area contributed by atoms with Crippen molar-refractivity contribution in [3.05, 3.63) is 129 Å². The summed E-state index contributed by atoms with van der Waals surface area (Å²) in [5.41, 5.74) is 2.83. The fourth-order valence-corrected chi connectivity index (χ4v) is 7.14. The minimum absolute atomic E-state index is 0.00637. The monoisotopic (exact) mass is 994 g/mol. The molecule has 0 aromatic heterocycles. The highest BCUT2D eigenvalue weighted by atomic mass is 35.5. The van der Waals surface area contributed by atoms with Gasteiger partial charge < -0.3 is 30.7 Å². The molecule has 0 heterocycles. The van der Waals surface area contributed by atoms with Crippen LogP contribution in [0.5, 0.6) is 11.5 Å². The number of hydrogen-bond donors (Lipinski definition) is 4. The Morgan fingerprint density at radius 3 is 1.33 bits per heavy atom. The van der Waals surface area contributed by atoms with E-state index in [2.05, 4.69) is 41.7 Å². The van der Waals surface area contributed by atoms with Crippen LogP contribution in [0.2, 0.25) is 10.0 Å². The minimum Gasteiger partial charge on any atom is -0.497 e. The summed E-state index contributed by atoms with van der Waals surface area (Å²) < 4.78 is 10.4. The molecule has 5 aromatic rings. The summed E-state index contributed by atoms with van der Waals surface area (Å²) >= 11 is 31.5. The van der Waals surface area contributed by atoms with Gasteiger partial charge in [-0.15, -0.1) is 34.8 Å². The molecule has 0 saturated carbocycles. The molecule has 5 rings (SSSR count). The highest BCUT2D eigenvalue weighted by molar-refractivity contribution is 6.37. The first-order chi connectivity index (χ1) is 31.6. The number of nitrogens with zero attached hydrogens (tertiary/aromatic N) is 4. The van der Waals surface area contributed by atoms with Crippen molar-refractivity contribution in [2.45, 2.75) is 43.6 Å². The maximum atomic E-state index is 13.4. The first-order valence-corrected chi connectivity index (χ1v) is 21.8. The molecule has 0 aliphatic heterocycles. The Labute approximate surface area is 403 Å². The summed E-state index contributed by atoms with van der Waals surface area (Å²) in [5.74, 6) is -3.08. The Morgan fingerprint density at radius 1 is 0.530 bits per heavy atom. The zero-order valence-electron chi connectivity index (χ0n) is 35.4. The molecule has 0 aliphatic rings. The number of amides is 4. The van der Waals surface area contributed by atoms with Crippen LogP contribution in [0.25, 0.3) is 0 Å². The van der Waals surface area contributed by atoms with E-state index >= 15 is 0 Å². The molecule has 21 heteroatoms. The van der Waals surface area contributed by atoms with Gasteiger partial charge in [-0.3, -0.25) is 28.8 Å². The Morgan fingerprint density at radius 2 is 0.924 bits per heavy atom. The Bertz CT molecular complexity index is 2750. The molecule has 4 N–H and O–H groups in total. The van der Waals surface area contributed by atoms with E-state index in [4.69, 9.17) is 67.5 Å². The number of rotatable bonds is 19. The minimum atomic E-state index is -1.64. The summed E-state index contributed by atoms with van der Waals surface area (Å²) in [6.45, 7) is 2.29. The number of benzene rings is 5. The van der Waals surface area contributed by atoms with Gasteiger partial charge in [0.1, 0.15) is 22.9 Å². The van der Waals surface area contributed by atoms with E-state index in [0.29, 0.717) is 39.6 Å². The van der Waals surface area contributed by atoms with E-state index in [1.165, 1.54) is 68.8 Å². The van der Waals surface area contributed by atoms with E-state index in [1.807, 2.05) is 0 Å². The number of azo groups is 2. The molecule has 4 amide bonds. The second kappa shape index (κ2) is 23.7. The molecule has 2 atom stereocenters. The number of ketones is 2. The first-order valence-electron chi connectivity index (χ1n) is 19.4. The molecule has 5 aromatic carbocycles. The maximum Gasteiger partial charge on any atom is 0.258 e. The van der Waals surface area contributed by atoms with Crippen molar-refractivity contribution in [2.75, 3.05) is 35.5 Å². The van der Waals surface area contributed by atoms with Gasteiger partial charge in [0.25, 0.3) is 23.6 Å². The van der Waals surface area contributed by atoms with Crippen LogP contribution in [-0.2, 0) is 36.8 Å². The summed E-state index contributed by atoms with van der Waals surface area (Å²) in [6.07, 6.45) is 0. The van der Waals surface area contributed by atoms with Crippen LogP contribution in [0.15, 0.2) is 111 Å². The Hall–Kier alpha value is -6.43. The smallest absolute Gasteiger partial charge is 0.258 e. The third-order valence-corrected chi connectivity index (χ3v) is 11.1. The summed E-state index contributed by atoms with van der Waals surface area (Å²) in [5, 5.41) is 26.5. The lowest BCUT2D eigenvalue weighted by atomic mass is 10.1. The molecule has 66 heavy (non-hydrogen) atoms. The lowest BCUT2D eigenvalue weighted by Crippen LogP contribution is -2.32. The number of alkyl halides is 3. The molecule has 16 nitrogen and oxygen atoms in total. The first kappa shape index (κ1) is 50.6. The third kappa shape index (κ3) is 12.7. The Balaban J connectivity index is 1.26. The van der Waals surface area contributed by atoms with Crippen molar-refractivity contribution in [2.24, 2.45) is 20.5 Å². The molecule has 0 radical (unpaired) electrons. The molecular formula is C45H39Cl5N8O8. The highest BCUT2D eigenvalue weighted by Crippen LogP contribution is 2.33. The van der Waals surface area contributed by atoms with Crippen molar-refractivity contribution in [3.63, 3.8) is 0 Å². The topological polar surface area (TPSA) is 218 Å².